The van der Waals surface area contributed by atoms with Crippen LogP contribution in [0.25, 0.3) is 0 Å². The summed E-state index contributed by atoms with van der Waals surface area (Å²) in [6, 6.07) is 0. The predicted molar refractivity (Wildman–Crippen MR) is 71.2 cm³/mol. The first-order valence-corrected chi connectivity index (χ1v) is 6.77. The SMILES string of the molecule is CCOCC(=O)N(CC)CCCN(CC)CC. The molecule has 0 aliphatic carbocycles. The molecule has 1 amide bonds. The molecule has 17 heavy (non-hydrogen) atoms. The van der Waals surface area contributed by atoms with Gasteiger partial charge in [-0.2, -0.15) is 0 Å². The highest BCUT2D eigenvalue weighted by Crippen LogP contribution is 1.97. The smallest absolute Gasteiger partial charge is 0.248 e. The highest BCUT2D eigenvalue weighted by Gasteiger charge is 2.11. The van der Waals surface area contributed by atoms with Crippen LogP contribution in [0, 0.1) is 0 Å². The zero-order valence-electron chi connectivity index (χ0n) is 11.9. The molecule has 0 radical (unpaired) electrons. The van der Waals surface area contributed by atoms with Crippen molar-refractivity contribution in [2.24, 2.45) is 0 Å². The molecule has 0 saturated carbocycles. The number of amides is 1. The monoisotopic (exact) mass is 244 g/mol. The minimum Gasteiger partial charge on any atom is -0.372 e. The van der Waals surface area contributed by atoms with E-state index in [-0.39, 0.29) is 12.5 Å². The second kappa shape index (κ2) is 10.5. The first-order chi connectivity index (χ1) is 8.19. The summed E-state index contributed by atoms with van der Waals surface area (Å²) in [5, 5.41) is 0. The number of nitrogens with zero attached hydrogens (tertiary/aromatic N) is 2. The molecule has 102 valence electrons. The molecular formula is C13H28N2O2. The average molecular weight is 244 g/mol. The molecule has 0 aromatic rings. The van der Waals surface area contributed by atoms with Gasteiger partial charge < -0.3 is 14.5 Å². The van der Waals surface area contributed by atoms with Crippen molar-refractivity contribution >= 4 is 5.91 Å². The molecule has 0 rings (SSSR count). The van der Waals surface area contributed by atoms with E-state index < -0.39 is 0 Å². The Kier molecular flexibility index (Phi) is 10.2. The third-order valence-electron chi connectivity index (χ3n) is 2.96. The lowest BCUT2D eigenvalue weighted by Crippen LogP contribution is -2.36. The molecule has 0 spiro atoms. The van der Waals surface area contributed by atoms with Gasteiger partial charge in [0.25, 0.3) is 0 Å². The number of likely N-dealkylation sites (N-methyl/N-ethyl adjacent to an activating group) is 1. The Hall–Kier alpha value is -0.610. The topological polar surface area (TPSA) is 32.8 Å². The van der Waals surface area contributed by atoms with Crippen molar-refractivity contribution in [1.29, 1.82) is 0 Å². The van der Waals surface area contributed by atoms with Crippen LogP contribution in [-0.2, 0) is 9.53 Å². The Morgan fingerprint density at radius 1 is 1.00 bits per heavy atom. The van der Waals surface area contributed by atoms with Gasteiger partial charge in [-0.1, -0.05) is 13.8 Å². The Morgan fingerprint density at radius 2 is 1.65 bits per heavy atom. The highest BCUT2D eigenvalue weighted by molar-refractivity contribution is 5.77. The molecular weight excluding hydrogens is 216 g/mol. The van der Waals surface area contributed by atoms with Crippen LogP contribution >= 0.6 is 0 Å². The van der Waals surface area contributed by atoms with Gasteiger partial charge in [0.1, 0.15) is 6.61 Å². The van der Waals surface area contributed by atoms with E-state index in [1.807, 2.05) is 18.7 Å². The van der Waals surface area contributed by atoms with Crippen LogP contribution < -0.4 is 0 Å². The van der Waals surface area contributed by atoms with Gasteiger partial charge in [0, 0.05) is 19.7 Å². The lowest BCUT2D eigenvalue weighted by Gasteiger charge is -2.23. The molecule has 0 saturated heterocycles. The Morgan fingerprint density at radius 3 is 2.12 bits per heavy atom. The molecule has 0 N–H and O–H groups in total. The third-order valence-corrected chi connectivity index (χ3v) is 2.96. The molecule has 0 aliphatic heterocycles. The summed E-state index contributed by atoms with van der Waals surface area (Å²) in [5.41, 5.74) is 0. The Labute approximate surface area is 106 Å². The van der Waals surface area contributed by atoms with E-state index in [0.717, 1.165) is 39.1 Å². The van der Waals surface area contributed by atoms with Crippen molar-refractivity contribution < 1.29 is 9.53 Å². The third kappa shape index (κ3) is 7.34. The van der Waals surface area contributed by atoms with Crippen molar-refractivity contribution in [1.82, 2.24) is 9.80 Å². The zero-order chi connectivity index (χ0) is 13.1. The van der Waals surface area contributed by atoms with E-state index in [2.05, 4.69) is 18.7 Å². The van der Waals surface area contributed by atoms with Gasteiger partial charge in [-0.15, -0.1) is 0 Å². The summed E-state index contributed by atoms with van der Waals surface area (Å²) in [7, 11) is 0. The summed E-state index contributed by atoms with van der Waals surface area (Å²) in [5.74, 6) is 0.105. The van der Waals surface area contributed by atoms with Crippen LogP contribution in [0.15, 0.2) is 0 Å². The van der Waals surface area contributed by atoms with E-state index >= 15 is 0 Å². The van der Waals surface area contributed by atoms with E-state index in [1.165, 1.54) is 0 Å². The first-order valence-electron chi connectivity index (χ1n) is 6.77. The van der Waals surface area contributed by atoms with Crippen molar-refractivity contribution in [2.75, 3.05) is 45.9 Å². The fourth-order valence-corrected chi connectivity index (χ4v) is 1.76. The van der Waals surface area contributed by atoms with Gasteiger partial charge >= 0.3 is 0 Å². The number of hydrogen-bond donors (Lipinski definition) is 0. The molecule has 4 heteroatoms. The van der Waals surface area contributed by atoms with E-state index in [1.54, 1.807) is 0 Å². The molecule has 0 aliphatic rings. The van der Waals surface area contributed by atoms with Gasteiger partial charge in [-0.25, -0.2) is 0 Å². The van der Waals surface area contributed by atoms with E-state index in [0.29, 0.717) is 6.61 Å². The zero-order valence-corrected chi connectivity index (χ0v) is 11.9. The minimum atomic E-state index is 0.105. The first kappa shape index (κ1) is 16.4. The maximum Gasteiger partial charge on any atom is 0.248 e. The fourth-order valence-electron chi connectivity index (χ4n) is 1.76. The maximum absolute atomic E-state index is 11.7. The van der Waals surface area contributed by atoms with Crippen molar-refractivity contribution in [3.63, 3.8) is 0 Å². The summed E-state index contributed by atoms with van der Waals surface area (Å²) >= 11 is 0. The standard InChI is InChI=1S/C13H28N2O2/c1-5-14(6-2)10-9-11-15(7-3)13(16)12-17-8-4/h5-12H2,1-4H3. The second-order valence-corrected chi connectivity index (χ2v) is 3.99. The van der Waals surface area contributed by atoms with E-state index in [9.17, 15) is 4.79 Å². The van der Waals surface area contributed by atoms with Gasteiger partial charge in [0.2, 0.25) is 5.91 Å². The van der Waals surface area contributed by atoms with Crippen molar-refractivity contribution in [2.45, 2.75) is 34.1 Å². The summed E-state index contributed by atoms with van der Waals surface area (Å²) in [4.78, 5) is 16.0. The van der Waals surface area contributed by atoms with Crippen molar-refractivity contribution in [3.8, 4) is 0 Å². The number of carbonyl (C=O) groups excluding carboxylic acids is 1. The molecule has 0 heterocycles. The maximum atomic E-state index is 11.7. The van der Waals surface area contributed by atoms with Crippen LogP contribution in [0.4, 0.5) is 0 Å². The molecule has 0 aromatic carbocycles. The molecule has 0 unspecified atom stereocenters. The number of carbonyl (C=O) groups is 1. The molecule has 0 fully saturated rings. The minimum absolute atomic E-state index is 0.105. The molecule has 4 nitrogen and oxygen atoms in total. The van der Waals surface area contributed by atoms with Crippen molar-refractivity contribution in [3.05, 3.63) is 0 Å². The highest BCUT2D eigenvalue weighted by atomic mass is 16.5. The number of rotatable bonds is 10. The summed E-state index contributed by atoms with van der Waals surface area (Å²) in [6.07, 6.45) is 1.04. The van der Waals surface area contributed by atoms with Gasteiger partial charge in [0.15, 0.2) is 0 Å². The Bertz CT molecular complexity index is 194. The quantitative estimate of drug-likeness (QED) is 0.585. The molecule has 0 aromatic heterocycles. The van der Waals surface area contributed by atoms with Crippen LogP contribution in [0.5, 0.6) is 0 Å². The summed E-state index contributed by atoms with van der Waals surface area (Å²) < 4.78 is 5.15. The van der Waals surface area contributed by atoms with Crippen LogP contribution in [0.3, 0.4) is 0 Å². The largest absolute Gasteiger partial charge is 0.372 e. The molecule has 0 atom stereocenters. The van der Waals surface area contributed by atoms with Gasteiger partial charge in [0.05, 0.1) is 0 Å². The Balaban J connectivity index is 3.84. The average Bonchev–Trinajstić information content (AvgIpc) is 2.36. The van der Waals surface area contributed by atoms with Gasteiger partial charge in [-0.3, -0.25) is 4.79 Å². The lowest BCUT2D eigenvalue weighted by molar-refractivity contribution is -0.135. The van der Waals surface area contributed by atoms with Crippen LogP contribution in [0.2, 0.25) is 0 Å². The van der Waals surface area contributed by atoms with Crippen LogP contribution in [-0.4, -0.2) is 61.6 Å². The normalized spacial score (nSPS) is 10.9. The van der Waals surface area contributed by atoms with Gasteiger partial charge in [-0.05, 0) is 39.9 Å². The molecule has 0 bridgehead atoms. The summed E-state index contributed by atoms with van der Waals surface area (Å²) in [6.45, 7) is 13.9. The van der Waals surface area contributed by atoms with E-state index in [4.69, 9.17) is 4.74 Å². The predicted octanol–water partition coefficient (Wildman–Crippen LogP) is 1.60. The number of ether oxygens (including phenoxy) is 1. The fraction of sp³-hybridized carbons (Fsp3) is 0.923. The number of hydrogen-bond acceptors (Lipinski definition) is 3. The van der Waals surface area contributed by atoms with Crippen LogP contribution in [0.1, 0.15) is 34.1 Å². The second-order valence-electron chi connectivity index (χ2n) is 3.99. The lowest BCUT2D eigenvalue weighted by atomic mass is 10.3.